The maximum Gasteiger partial charge on any atom is 0.306 e. The van der Waals surface area contributed by atoms with Crippen LogP contribution >= 0.6 is 11.8 Å². The number of amides is 2. The number of nitrogens with one attached hydrogen (secondary N) is 1. The van der Waals surface area contributed by atoms with Crippen molar-refractivity contribution in [3.63, 3.8) is 0 Å². The quantitative estimate of drug-likeness (QED) is 0.684. The average molecular weight is 336 g/mol. The van der Waals surface area contributed by atoms with Gasteiger partial charge in [-0.1, -0.05) is 12.1 Å². The summed E-state index contributed by atoms with van der Waals surface area (Å²) >= 11 is 1.24. The second-order valence-electron chi connectivity index (χ2n) is 5.61. The third-order valence-corrected chi connectivity index (χ3v) is 5.01. The van der Waals surface area contributed by atoms with Crippen molar-refractivity contribution >= 4 is 29.5 Å². The lowest BCUT2D eigenvalue weighted by Gasteiger charge is -2.27. The Hall–Kier alpha value is -2.02. The molecule has 4 N–H and O–H groups in total. The van der Waals surface area contributed by atoms with Crippen LogP contribution in [0.15, 0.2) is 29.2 Å². The van der Waals surface area contributed by atoms with E-state index in [1.54, 1.807) is 24.3 Å². The molecule has 0 spiro atoms. The molecule has 0 aromatic heterocycles. The van der Waals surface area contributed by atoms with Crippen molar-refractivity contribution in [1.82, 2.24) is 5.32 Å². The Morgan fingerprint density at radius 1 is 1.17 bits per heavy atom. The monoisotopic (exact) mass is 336 g/mol. The van der Waals surface area contributed by atoms with Crippen LogP contribution in [0.1, 0.15) is 36.0 Å². The largest absolute Gasteiger partial charge is 0.481 e. The van der Waals surface area contributed by atoms with Gasteiger partial charge in [0.2, 0.25) is 5.91 Å². The van der Waals surface area contributed by atoms with Crippen molar-refractivity contribution < 1.29 is 19.5 Å². The van der Waals surface area contributed by atoms with E-state index in [9.17, 15) is 14.4 Å². The van der Waals surface area contributed by atoms with E-state index in [1.165, 1.54) is 11.8 Å². The first kappa shape index (κ1) is 17.3. The van der Waals surface area contributed by atoms with E-state index in [-0.39, 0.29) is 23.6 Å². The summed E-state index contributed by atoms with van der Waals surface area (Å²) in [5, 5.41) is 12.0. The molecule has 0 bridgehead atoms. The Morgan fingerprint density at radius 3 is 2.43 bits per heavy atom. The van der Waals surface area contributed by atoms with Crippen molar-refractivity contribution in [2.45, 2.75) is 36.6 Å². The van der Waals surface area contributed by atoms with Crippen LogP contribution in [0.5, 0.6) is 0 Å². The molecule has 7 heteroatoms. The molecule has 1 saturated carbocycles. The molecule has 6 nitrogen and oxygen atoms in total. The average Bonchev–Trinajstić information content (AvgIpc) is 2.53. The van der Waals surface area contributed by atoms with Crippen molar-refractivity contribution in [3.05, 3.63) is 29.8 Å². The standard InChI is InChI=1S/C16H20N2O4S/c17-14(19)9-23-13-4-2-1-3-12(13)15(20)18-11-7-5-10(6-8-11)16(21)22/h1-4,10-11H,5-9H2,(H2,17,19)(H,18,20)(H,21,22). The minimum atomic E-state index is -0.761. The third-order valence-electron chi connectivity index (χ3n) is 3.91. The lowest BCUT2D eigenvalue weighted by Crippen LogP contribution is -2.38. The highest BCUT2D eigenvalue weighted by Gasteiger charge is 2.27. The predicted octanol–water partition coefficient (Wildman–Crippen LogP) is 1.64. The molecule has 124 valence electrons. The first-order valence-corrected chi connectivity index (χ1v) is 8.49. The first-order valence-electron chi connectivity index (χ1n) is 7.51. The van der Waals surface area contributed by atoms with Crippen LogP contribution in [-0.4, -0.2) is 34.7 Å². The highest BCUT2D eigenvalue weighted by atomic mass is 32.2. The summed E-state index contributed by atoms with van der Waals surface area (Å²) in [6, 6.07) is 7.06. The zero-order chi connectivity index (χ0) is 16.8. The number of carboxylic acid groups (broad SMARTS) is 1. The topological polar surface area (TPSA) is 109 Å². The Bertz CT molecular complexity index is 597. The van der Waals surface area contributed by atoms with E-state index in [0.29, 0.717) is 36.1 Å². The second-order valence-corrected chi connectivity index (χ2v) is 6.63. The number of hydrogen-bond acceptors (Lipinski definition) is 4. The molecule has 1 aliphatic rings. The van der Waals surface area contributed by atoms with Gasteiger partial charge < -0.3 is 16.2 Å². The van der Waals surface area contributed by atoms with Crippen LogP contribution in [0.3, 0.4) is 0 Å². The Kier molecular flexibility index (Phi) is 6.04. The van der Waals surface area contributed by atoms with Gasteiger partial charge >= 0.3 is 5.97 Å². The Labute approximate surface area is 138 Å². The summed E-state index contributed by atoms with van der Waals surface area (Å²) in [6.07, 6.45) is 2.50. The van der Waals surface area contributed by atoms with Gasteiger partial charge in [-0.15, -0.1) is 11.8 Å². The van der Waals surface area contributed by atoms with Gasteiger partial charge in [-0.05, 0) is 37.8 Å². The maximum absolute atomic E-state index is 12.4. The predicted molar refractivity (Wildman–Crippen MR) is 87.2 cm³/mol. The maximum atomic E-state index is 12.4. The van der Waals surface area contributed by atoms with E-state index >= 15 is 0 Å². The molecule has 2 rings (SSSR count). The van der Waals surface area contributed by atoms with Gasteiger partial charge in [-0.25, -0.2) is 0 Å². The fraction of sp³-hybridized carbons (Fsp3) is 0.438. The molecule has 0 unspecified atom stereocenters. The third kappa shape index (κ3) is 4.99. The highest BCUT2D eigenvalue weighted by Crippen LogP contribution is 2.26. The molecule has 1 aromatic carbocycles. The summed E-state index contributed by atoms with van der Waals surface area (Å²) in [7, 11) is 0. The molecule has 1 aliphatic carbocycles. The molecule has 0 heterocycles. The van der Waals surface area contributed by atoms with E-state index < -0.39 is 11.9 Å². The molecule has 0 radical (unpaired) electrons. The Balaban J connectivity index is 1.96. The fourth-order valence-corrected chi connectivity index (χ4v) is 3.47. The van der Waals surface area contributed by atoms with Gasteiger partial charge in [-0.3, -0.25) is 14.4 Å². The van der Waals surface area contributed by atoms with Crippen LogP contribution in [0, 0.1) is 5.92 Å². The number of nitrogens with two attached hydrogens (primary N) is 1. The molecular weight excluding hydrogens is 316 g/mol. The lowest BCUT2D eigenvalue weighted by atomic mass is 9.86. The van der Waals surface area contributed by atoms with Crippen LogP contribution in [0.25, 0.3) is 0 Å². The number of benzene rings is 1. The molecule has 1 aromatic rings. The van der Waals surface area contributed by atoms with Gasteiger partial charge in [0.25, 0.3) is 5.91 Å². The summed E-state index contributed by atoms with van der Waals surface area (Å²) in [6.45, 7) is 0. The minimum Gasteiger partial charge on any atom is -0.481 e. The van der Waals surface area contributed by atoms with Crippen LogP contribution in [-0.2, 0) is 9.59 Å². The number of thioether (sulfide) groups is 1. The molecule has 23 heavy (non-hydrogen) atoms. The molecule has 0 saturated heterocycles. The number of aliphatic carboxylic acids is 1. The van der Waals surface area contributed by atoms with Crippen molar-refractivity contribution in [1.29, 1.82) is 0 Å². The van der Waals surface area contributed by atoms with Gasteiger partial charge in [0, 0.05) is 10.9 Å². The summed E-state index contributed by atoms with van der Waals surface area (Å²) in [5.41, 5.74) is 5.66. The van der Waals surface area contributed by atoms with E-state index in [1.807, 2.05) is 0 Å². The van der Waals surface area contributed by atoms with Crippen molar-refractivity contribution in [3.8, 4) is 0 Å². The van der Waals surface area contributed by atoms with E-state index in [4.69, 9.17) is 10.8 Å². The molecule has 0 aliphatic heterocycles. The first-order chi connectivity index (χ1) is 11.0. The molecular formula is C16H20N2O4S. The van der Waals surface area contributed by atoms with E-state index in [2.05, 4.69) is 5.32 Å². The van der Waals surface area contributed by atoms with Gasteiger partial charge in [-0.2, -0.15) is 0 Å². The summed E-state index contributed by atoms with van der Waals surface area (Å²) in [4.78, 5) is 35.0. The van der Waals surface area contributed by atoms with Gasteiger partial charge in [0.05, 0.1) is 17.2 Å². The smallest absolute Gasteiger partial charge is 0.306 e. The second kappa shape index (κ2) is 8.01. The number of carboxylic acids is 1. The summed E-state index contributed by atoms with van der Waals surface area (Å²) in [5.74, 6) is -1.58. The summed E-state index contributed by atoms with van der Waals surface area (Å²) < 4.78 is 0. The minimum absolute atomic E-state index is 0.00713. The normalized spacial score (nSPS) is 20.7. The van der Waals surface area contributed by atoms with Gasteiger partial charge in [0.1, 0.15) is 0 Å². The SMILES string of the molecule is NC(=O)CSc1ccccc1C(=O)NC1CCC(C(=O)O)CC1. The molecule has 1 fully saturated rings. The number of hydrogen-bond donors (Lipinski definition) is 3. The zero-order valence-corrected chi connectivity index (χ0v) is 13.5. The van der Waals surface area contributed by atoms with Crippen molar-refractivity contribution in [2.75, 3.05) is 5.75 Å². The number of rotatable bonds is 6. The van der Waals surface area contributed by atoms with Crippen LogP contribution in [0.4, 0.5) is 0 Å². The fourth-order valence-electron chi connectivity index (χ4n) is 2.68. The van der Waals surface area contributed by atoms with Crippen molar-refractivity contribution in [2.24, 2.45) is 11.7 Å². The molecule has 0 atom stereocenters. The number of carbonyl (C=O) groups excluding carboxylic acids is 2. The lowest BCUT2D eigenvalue weighted by molar-refractivity contribution is -0.142. The van der Waals surface area contributed by atoms with Gasteiger partial charge in [0.15, 0.2) is 0 Å². The number of primary amides is 1. The van der Waals surface area contributed by atoms with E-state index in [0.717, 1.165) is 0 Å². The molecule has 2 amide bonds. The zero-order valence-electron chi connectivity index (χ0n) is 12.7. The van der Waals surface area contributed by atoms with Crippen LogP contribution in [0.2, 0.25) is 0 Å². The number of carbonyl (C=O) groups is 3. The van der Waals surface area contributed by atoms with Crippen LogP contribution < -0.4 is 11.1 Å². The Morgan fingerprint density at radius 2 is 1.83 bits per heavy atom. The highest BCUT2D eigenvalue weighted by molar-refractivity contribution is 8.00.